The standard InChI is InChI=1S/C24H34FN5O/c1-5-6-7-9-17(4)29-13-12-18(15-29)14-21-26-24(28-31-21)30-23-19(10-8-11-20(23)25)22(27-30)16(2)3/h8,10-11,16-18H,5-7,9,12-15H2,1-4H3. The van der Waals surface area contributed by atoms with E-state index < -0.39 is 0 Å². The molecule has 1 aromatic carbocycles. The van der Waals surface area contributed by atoms with Crippen molar-refractivity contribution in [2.24, 2.45) is 5.92 Å². The van der Waals surface area contributed by atoms with Crippen LogP contribution in [0, 0.1) is 11.7 Å². The van der Waals surface area contributed by atoms with E-state index in [0.717, 1.165) is 37.0 Å². The number of halogens is 1. The molecule has 7 heteroatoms. The number of hydrogen-bond donors (Lipinski definition) is 0. The summed E-state index contributed by atoms with van der Waals surface area (Å²) in [6.07, 6.45) is 7.05. The van der Waals surface area contributed by atoms with Gasteiger partial charge in [0.2, 0.25) is 5.89 Å². The number of rotatable bonds is 9. The van der Waals surface area contributed by atoms with Crippen molar-refractivity contribution in [2.45, 2.75) is 78.2 Å². The lowest BCUT2D eigenvalue weighted by Gasteiger charge is -2.24. The number of fused-ring (bicyclic) bond motifs is 1. The first-order valence-electron chi connectivity index (χ1n) is 11.7. The van der Waals surface area contributed by atoms with Gasteiger partial charge in [0.05, 0.1) is 5.69 Å². The molecule has 2 unspecified atom stereocenters. The second-order valence-corrected chi connectivity index (χ2v) is 9.27. The van der Waals surface area contributed by atoms with Crippen molar-refractivity contribution >= 4 is 10.9 Å². The zero-order chi connectivity index (χ0) is 22.0. The van der Waals surface area contributed by atoms with Crippen LogP contribution in [0.5, 0.6) is 0 Å². The number of hydrogen-bond acceptors (Lipinski definition) is 5. The lowest BCUT2D eigenvalue weighted by molar-refractivity contribution is 0.231. The summed E-state index contributed by atoms with van der Waals surface area (Å²) < 4.78 is 21.7. The van der Waals surface area contributed by atoms with Crippen LogP contribution in [0.1, 0.15) is 77.3 Å². The van der Waals surface area contributed by atoms with E-state index in [0.29, 0.717) is 29.3 Å². The Morgan fingerprint density at radius 3 is 2.84 bits per heavy atom. The highest BCUT2D eigenvalue weighted by atomic mass is 19.1. The Morgan fingerprint density at radius 2 is 2.06 bits per heavy atom. The van der Waals surface area contributed by atoms with Crippen LogP contribution < -0.4 is 0 Å². The molecule has 1 aliphatic heterocycles. The SMILES string of the molecule is CCCCCC(C)N1CCC(Cc2nc(-n3nc(C(C)C)c4cccc(F)c43)no2)C1. The molecule has 0 N–H and O–H groups in total. The largest absolute Gasteiger partial charge is 0.337 e. The molecular formula is C24H34FN5O. The third-order valence-electron chi connectivity index (χ3n) is 6.51. The van der Waals surface area contributed by atoms with Crippen molar-refractivity contribution in [3.8, 4) is 5.95 Å². The number of aromatic nitrogens is 4. The van der Waals surface area contributed by atoms with Gasteiger partial charge in [-0.15, -0.1) is 0 Å². The van der Waals surface area contributed by atoms with E-state index in [1.54, 1.807) is 6.07 Å². The van der Waals surface area contributed by atoms with Crippen LogP contribution in [0.3, 0.4) is 0 Å². The van der Waals surface area contributed by atoms with Crippen molar-refractivity contribution in [1.82, 2.24) is 24.8 Å². The van der Waals surface area contributed by atoms with Gasteiger partial charge in [0.15, 0.2) is 0 Å². The molecule has 168 valence electrons. The topological polar surface area (TPSA) is 60.0 Å². The Labute approximate surface area is 183 Å². The Balaban J connectivity index is 1.46. The first-order chi connectivity index (χ1) is 15.0. The summed E-state index contributed by atoms with van der Waals surface area (Å²) in [5.74, 6) is 1.26. The average Bonchev–Trinajstić information content (AvgIpc) is 3.47. The van der Waals surface area contributed by atoms with E-state index in [4.69, 9.17) is 4.52 Å². The van der Waals surface area contributed by atoms with E-state index in [1.807, 2.05) is 19.9 Å². The second kappa shape index (κ2) is 9.47. The smallest absolute Gasteiger partial charge is 0.291 e. The fourth-order valence-corrected chi connectivity index (χ4v) is 4.68. The monoisotopic (exact) mass is 427 g/mol. The molecule has 6 nitrogen and oxygen atoms in total. The van der Waals surface area contributed by atoms with Gasteiger partial charge < -0.3 is 9.42 Å². The van der Waals surface area contributed by atoms with Crippen LogP contribution >= 0.6 is 0 Å². The summed E-state index contributed by atoms with van der Waals surface area (Å²) in [7, 11) is 0. The van der Waals surface area contributed by atoms with Crippen LogP contribution in [0.2, 0.25) is 0 Å². The molecule has 3 aromatic rings. The first-order valence-corrected chi connectivity index (χ1v) is 11.7. The Morgan fingerprint density at radius 1 is 1.23 bits per heavy atom. The van der Waals surface area contributed by atoms with E-state index in [1.165, 1.54) is 36.4 Å². The fraction of sp³-hybridized carbons (Fsp3) is 0.625. The van der Waals surface area contributed by atoms with Gasteiger partial charge in [0.25, 0.3) is 5.95 Å². The Bertz CT molecular complexity index is 1010. The van der Waals surface area contributed by atoms with Gasteiger partial charge >= 0.3 is 0 Å². The molecule has 0 radical (unpaired) electrons. The minimum absolute atomic E-state index is 0.167. The van der Waals surface area contributed by atoms with Gasteiger partial charge in [-0.1, -0.05) is 52.2 Å². The van der Waals surface area contributed by atoms with Crippen molar-refractivity contribution in [2.75, 3.05) is 13.1 Å². The number of unbranched alkanes of at least 4 members (excludes halogenated alkanes) is 2. The molecule has 0 aliphatic carbocycles. The number of likely N-dealkylation sites (tertiary alicyclic amines) is 1. The van der Waals surface area contributed by atoms with Crippen LogP contribution in [0.4, 0.5) is 4.39 Å². The van der Waals surface area contributed by atoms with Gasteiger partial charge in [0, 0.05) is 24.4 Å². The summed E-state index contributed by atoms with van der Waals surface area (Å²) in [4.78, 5) is 7.16. The van der Waals surface area contributed by atoms with Gasteiger partial charge in [-0.2, -0.15) is 14.8 Å². The highest BCUT2D eigenvalue weighted by Gasteiger charge is 2.28. The molecule has 2 atom stereocenters. The maximum Gasteiger partial charge on any atom is 0.291 e. The molecule has 1 fully saturated rings. The first kappa shape index (κ1) is 21.9. The highest BCUT2D eigenvalue weighted by molar-refractivity contribution is 5.84. The Hall–Kier alpha value is -2.28. The van der Waals surface area contributed by atoms with Crippen molar-refractivity contribution in [3.63, 3.8) is 0 Å². The zero-order valence-electron chi connectivity index (χ0n) is 19.1. The summed E-state index contributed by atoms with van der Waals surface area (Å²) in [6.45, 7) is 10.9. The van der Waals surface area contributed by atoms with Crippen molar-refractivity contribution in [3.05, 3.63) is 35.6 Å². The molecule has 1 saturated heterocycles. The number of nitrogens with zero attached hydrogens (tertiary/aromatic N) is 5. The molecule has 31 heavy (non-hydrogen) atoms. The van der Waals surface area contributed by atoms with Gasteiger partial charge in [-0.25, -0.2) is 4.39 Å². The molecule has 3 heterocycles. The zero-order valence-corrected chi connectivity index (χ0v) is 19.1. The highest BCUT2D eigenvalue weighted by Crippen LogP contribution is 2.29. The molecule has 0 amide bonds. The molecular weight excluding hydrogens is 393 g/mol. The maximum absolute atomic E-state index is 14.6. The van der Waals surface area contributed by atoms with Crippen LogP contribution in [0.15, 0.2) is 22.7 Å². The summed E-state index contributed by atoms with van der Waals surface area (Å²) in [6, 6.07) is 5.68. The van der Waals surface area contributed by atoms with E-state index in [9.17, 15) is 4.39 Å². The van der Waals surface area contributed by atoms with Crippen molar-refractivity contribution in [1.29, 1.82) is 0 Å². The maximum atomic E-state index is 14.6. The predicted molar refractivity (Wildman–Crippen MR) is 120 cm³/mol. The molecule has 0 saturated carbocycles. The van der Waals surface area contributed by atoms with E-state index in [-0.39, 0.29) is 11.7 Å². The van der Waals surface area contributed by atoms with Crippen LogP contribution in [-0.2, 0) is 6.42 Å². The van der Waals surface area contributed by atoms with Gasteiger partial charge in [-0.3, -0.25) is 0 Å². The van der Waals surface area contributed by atoms with Gasteiger partial charge in [0.1, 0.15) is 11.3 Å². The van der Waals surface area contributed by atoms with Crippen LogP contribution in [0.25, 0.3) is 16.9 Å². The third-order valence-corrected chi connectivity index (χ3v) is 6.51. The molecule has 1 aliphatic rings. The van der Waals surface area contributed by atoms with Crippen LogP contribution in [-0.4, -0.2) is 44.0 Å². The molecule has 2 aromatic heterocycles. The number of para-hydroxylation sites is 1. The summed E-state index contributed by atoms with van der Waals surface area (Å²) >= 11 is 0. The molecule has 0 bridgehead atoms. The molecule has 0 spiro atoms. The second-order valence-electron chi connectivity index (χ2n) is 9.27. The predicted octanol–water partition coefficient (Wildman–Crippen LogP) is 5.50. The lowest BCUT2D eigenvalue weighted by atomic mass is 10.1. The van der Waals surface area contributed by atoms with E-state index >= 15 is 0 Å². The fourth-order valence-electron chi connectivity index (χ4n) is 4.68. The Kier molecular flexibility index (Phi) is 6.70. The minimum atomic E-state index is -0.327. The summed E-state index contributed by atoms with van der Waals surface area (Å²) in [5.41, 5.74) is 1.25. The average molecular weight is 428 g/mol. The van der Waals surface area contributed by atoms with E-state index in [2.05, 4.69) is 34.0 Å². The normalized spacial score (nSPS) is 18.5. The minimum Gasteiger partial charge on any atom is -0.337 e. The lowest BCUT2D eigenvalue weighted by Crippen LogP contribution is -2.31. The third kappa shape index (κ3) is 4.66. The van der Waals surface area contributed by atoms with Crippen molar-refractivity contribution < 1.29 is 8.91 Å². The summed E-state index contributed by atoms with van der Waals surface area (Å²) in [5, 5.41) is 9.55. The quantitative estimate of drug-likeness (QED) is 0.422. The number of benzene rings is 1. The van der Waals surface area contributed by atoms with Gasteiger partial charge in [-0.05, 0) is 49.4 Å². The molecule has 4 rings (SSSR count).